The number of aryl methyl sites for hydroxylation is 1. The lowest BCUT2D eigenvalue weighted by molar-refractivity contribution is -0.136. The number of carbonyl (C=O) groups is 2. The van der Waals surface area contributed by atoms with Gasteiger partial charge < -0.3 is 4.74 Å². The summed E-state index contributed by atoms with van der Waals surface area (Å²) in [7, 11) is 1.32. The first-order chi connectivity index (χ1) is 12.4. The highest BCUT2D eigenvalue weighted by atomic mass is 79.9. The molecular weight excluding hydrogens is 394 g/mol. The second-order valence-electron chi connectivity index (χ2n) is 6.04. The van der Waals surface area contributed by atoms with Gasteiger partial charge in [-0.25, -0.2) is 4.79 Å². The van der Waals surface area contributed by atoms with Crippen molar-refractivity contribution in [2.45, 2.75) is 13.8 Å². The molecule has 0 atom stereocenters. The fraction of sp³-hybridized carbons (Fsp3) is 0.143. The largest absolute Gasteiger partial charge is 0.465 e. The Labute approximate surface area is 160 Å². The SMILES string of the molecule is COC(=O)C1=C(C)N(c2cccc(C)c2)C(=O)/C1=C\c1cccc(Br)c1. The minimum absolute atomic E-state index is 0.242. The molecule has 1 heterocycles. The van der Waals surface area contributed by atoms with Gasteiger partial charge in [0.15, 0.2) is 0 Å². The van der Waals surface area contributed by atoms with Crippen LogP contribution in [0.3, 0.4) is 0 Å². The number of amides is 1. The van der Waals surface area contributed by atoms with Gasteiger partial charge in [-0.1, -0.05) is 40.2 Å². The van der Waals surface area contributed by atoms with Gasteiger partial charge in [0.25, 0.3) is 5.91 Å². The molecule has 0 bridgehead atoms. The predicted molar refractivity (Wildman–Crippen MR) is 106 cm³/mol. The molecule has 3 rings (SSSR count). The molecule has 0 aliphatic carbocycles. The number of nitrogens with zero attached hydrogens (tertiary/aromatic N) is 1. The number of rotatable bonds is 3. The van der Waals surface area contributed by atoms with Gasteiger partial charge in [0.1, 0.15) is 0 Å². The number of ether oxygens (including phenoxy) is 1. The van der Waals surface area contributed by atoms with E-state index in [1.807, 2.05) is 55.5 Å². The fourth-order valence-electron chi connectivity index (χ4n) is 3.02. The zero-order valence-corrected chi connectivity index (χ0v) is 16.3. The summed E-state index contributed by atoms with van der Waals surface area (Å²) in [6.07, 6.45) is 1.72. The molecule has 0 unspecified atom stereocenters. The van der Waals surface area contributed by atoms with E-state index in [-0.39, 0.29) is 5.91 Å². The second-order valence-corrected chi connectivity index (χ2v) is 6.96. The van der Waals surface area contributed by atoms with Gasteiger partial charge in [-0.3, -0.25) is 9.69 Å². The summed E-state index contributed by atoms with van der Waals surface area (Å²) < 4.78 is 5.82. The van der Waals surface area contributed by atoms with Crippen LogP contribution in [0, 0.1) is 6.92 Å². The van der Waals surface area contributed by atoms with E-state index in [0.717, 1.165) is 21.3 Å². The Hall–Kier alpha value is -2.66. The van der Waals surface area contributed by atoms with Gasteiger partial charge in [-0.15, -0.1) is 0 Å². The average Bonchev–Trinajstić information content (AvgIpc) is 2.84. The molecule has 4 nitrogen and oxygen atoms in total. The van der Waals surface area contributed by atoms with E-state index in [9.17, 15) is 9.59 Å². The van der Waals surface area contributed by atoms with Crippen molar-refractivity contribution in [1.82, 2.24) is 0 Å². The smallest absolute Gasteiger partial charge is 0.340 e. The van der Waals surface area contributed by atoms with Gasteiger partial charge in [-0.05, 0) is 55.3 Å². The van der Waals surface area contributed by atoms with E-state index in [1.54, 1.807) is 17.9 Å². The van der Waals surface area contributed by atoms with Crippen molar-refractivity contribution in [2.75, 3.05) is 12.0 Å². The van der Waals surface area contributed by atoms with Crippen LogP contribution in [0.5, 0.6) is 0 Å². The zero-order chi connectivity index (χ0) is 18.8. The van der Waals surface area contributed by atoms with Crippen LogP contribution in [0.1, 0.15) is 18.1 Å². The molecule has 5 heteroatoms. The number of halogens is 1. The highest BCUT2D eigenvalue weighted by Crippen LogP contribution is 2.35. The minimum atomic E-state index is -0.521. The van der Waals surface area contributed by atoms with Crippen molar-refractivity contribution in [1.29, 1.82) is 0 Å². The van der Waals surface area contributed by atoms with Crippen molar-refractivity contribution >= 4 is 39.6 Å². The van der Waals surface area contributed by atoms with Gasteiger partial charge >= 0.3 is 5.97 Å². The number of benzene rings is 2. The number of hydrogen-bond acceptors (Lipinski definition) is 3. The molecular formula is C21H18BrNO3. The molecule has 1 aliphatic rings. The predicted octanol–water partition coefficient (Wildman–Crippen LogP) is 4.63. The van der Waals surface area contributed by atoms with Crippen LogP contribution >= 0.6 is 15.9 Å². The average molecular weight is 412 g/mol. The molecule has 0 saturated heterocycles. The van der Waals surface area contributed by atoms with Crippen LogP contribution in [0.25, 0.3) is 6.08 Å². The zero-order valence-electron chi connectivity index (χ0n) is 14.7. The van der Waals surface area contributed by atoms with Crippen molar-refractivity contribution in [3.8, 4) is 0 Å². The molecule has 0 aromatic heterocycles. The molecule has 0 saturated carbocycles. The van der Waals surface area contributed by atoms with Crippen molar-refractivity contribution < 1.29 is 14.3 Å². The van der Waals surface area contributed by atoms with Crippen molar-refractivity contribution in [3.63, 3.8) is 0 Å². The summed E-state index contributed by atoms with van der Waals surface area (Å²) in [5.41, 5.74) is 3.77. The normalized spacial score (nSPS) is 15.8. The topological polar surface area (TPSA) is 46.6 Å². The molecule has 0 radical (unpaired) electrons. The summed E-state index contributed by atoms with van der Waals surface area (Å²) in [6, 6.07) is 15.2. The quantitative estimate of drug-likeness (QED) is 0.546. The maximum atomic E-state index is 13.1. The lowest BCUT2D eigenvalue weighted by atomic mass is 10.0. The van der Waals surface area contributed by atoms with Gasteiger partial charge in [0, 0.05) is 15.9 Å². The Kier molecular flexibility index (Phi) is 5.09. The third-order valence-corrected chi connectivity index (χ3v) is 4.70. The molecule has 2 aromatic rings. The summed E-state index contributed by atoms with van der Waals surface area (Å²) in [5, 5.41) is 0. The van der Waals surface area contributed by atoms with E-state index in [2.05, 4.69) is 15.9 Å². The second kappa shape index (κ2) is 7.30. The summed E-state index contributed by atoms with van der Waals surface area (Å²) in [5.74, 6) is -0.763. The summed E-state index contributed by atoms with van der Waals surface area (Å²) >= 11 is 3.42. The minimum Gasteiger partial charge on any atom is -0.465 e. The fourth-order valence-corrected chi connectivity index (χ4v) is 3.44. The number of allylic oxidation sites excluding steroid dienone is 1. The van der Waals surface area contributed by atoms with Crippen LogP contribution in [0.15, 0.2) is 69.8 Å². The van der Waals surface area contributed by atoms with Crippen molar-refractivity contribution in [3.05, 3.63) is 81.0 Å². The van der Waals surface area contributed by atoms with Crippen LogP contribution in [-0.4, -0.2) is 19.0 Å². The van der Waals surface area contributed by atoms with E-state index in [1.165, 1.54) is 7.11 Å². The molecule has 2 aromatic carbocycles. The first kappa shape index (κ1) is 18.1. The van der Waals surface area contributed by atoms with Crippen LogP contribution < -0.4 is 4.90 Å². The number of methoxy groups -OCH3 is 1. The first-order valence-corrected chi connectivity index (χ1v) is 8.89. The maximum absolute atomic E-state index is 13.1. The summed E-state index contributed by atoms with van der Waals surface area (Å²) in [6.45, 7) is 3.72. The Balaban J connectivity index is 2.15. The standard InChI is InChI=1S/C21H18BrNO3/c1-13-6-4-9-17(10-13)23-14(2)19(21(25)26-3)18(20(23)24)12-15-7-5-8-16(22)11-15/h4-12H,1-3H3/b18-12-. The molecule has 132 valence electrons. The molecule has 26 heavy (non-hydrogen) atoms. The molecule has 1 aliphatic heterocycles. The highest BCUT2D eigenvalue weighted by molar-refractivity contribution is 9.10. The lowest BCUT2D eigenvalue weighted by Gasteiger charge is -2.18. The van der Waals surface area contributed by atoms with Crippen LogP contribution in [-0.2, 0) is 14.3 Å². The molecule has 0 spiro atoms. The van der Waals surface area contributed by atoms with Crippen molar-refractivity contribution in [2.24, 2.45) is 0 Å². The maximum Gasteiger partial charge on any atom is 0.340 e. The lowest BCUT2D eigenvalue weighted by Crippen LogP contribution is -2.24. The van der Waals surface area contributed by atoms with E-state index in [4.69, 9.17) is 4.74 Å². The van der Waals surface area contributed by atoms with Gasteiger partial charge in [0.05, 0.1) is 18.3 Å². The number of anilines is 1. The third-order valence-electron chi connectivity index (χ3n) is 4.21. The molecule has 0 fully saturated rings. The van der Waals surface area contributed by atoms with E-state index < -0.39 is 5.97 Å². The Morgan fingerprint density at radius 2 is 1.85 bits per heavy atom. The molecule has 1 amide bonds. The molecule has 0 N–H and O–H groups in total. The number of carbonyl (C=O) groups excluding carboxylic acids is 2. The Morgan fingerprint density at radius 3 is 2.50 bits per heavy atom. The van der Waals surface area contributed by atoms with E-state index in [0.29, 0.717) is 16.8 Å². The number of hydrogen-bond donors (Lipinski definition) is 0. The highest BCUT2D eigenvalue weighted by Gasteiger charge is 2.37. The van der Waals surface area contributed by atoms with Gasteiger partial charge in [-0.2, -0.15) is 0 Å². The monoisotopic (exact) mass is 411 g/mol. The van der Waals surface area contributed by atoms with E-state index >= 15 is 0 Å². The van der Waals surface area contributed by atoms with Crippen LogP contribution in [0.4, 0.5) is 5.69 Å². The third kappa shape index (κ3) is 3.35. The first-order valence-electron chi connectivity index (χ1n) is 8.10. The number of esters is 1. The summed E-state index contributed by atoms with van der Waals surface area (Å²) in [4.78, 5) is 27.1. The Morgan fingerprint density at radius 1 is 1.12 bits per heavy atom. The Bertz CT molecular complexity index is 959. The van der Waals surface area contributed by atoms with Crippen LogP contribution in [0.2, 0.25) is 0 Å². The van der Waals surface area contributed by atoms with Gasteiger partial charge in [0.2, 0.25) is 0 Å².